The number of benzene rings is 1. The summed E-state index contributed by atoms with van der Waals surface area (Å²) in [5, 5.41) is 0. The molecule has 18 heavy (non-hydrogen) atoms. The molecule has 90 valence electrons. The Hall–Kier alpha value is -2.29. The van der Waals surface area contributed by atoms with Crippen LogP contribution in [0.1, 0.15) is 16.8 Å². The molecule has 0 spiro atoms. The maximum atomic E-state index is 12.2. The van der Waals surface area contributed by atoms with Gasteiger partial charge in [-0.3, -0.25) is 4.79 Å². The van der Waals surface area contributed by atoms with Crippen LogP contribution in [0.15, 0.2) is 36.5 Å². The number of anilines is 1. The van der Waals surface area contributed by atoms with Crippen LogP contribution in [0, 0.1) is 6.92 Å². The van der Waals surface area contributed by atoms with Crippen LogP contribution in [-0.4, -0.2) is 17.9 Å². The predicted octanol–water partition coefficient (Wildman–Crippen LogP) is 2.84. The average Bonchev–Trinajstić information content (AvgIpc) is 2.88. The van der Waals surface area contributed by atoms with E-state index < -0.39 is 0 Å². The number of amides is 1. The molecule has 0 saturated carbocycles. The zero-order valence-electron chi connectivity index (χ0n) is 10.4. The second-order valence-corrected chi connectivity index (χ2v) is 4.51. The zero-order valence-corrected chi connectivity index (χ0v) is 10.4. The SMILES string of the molecule is Cc1cc[nH]c1C=C1C(=O)N(C)c2ccccc21. The third-order valence-corrected chi connectivity index (χ3v) is 3.38. The van der Waals surface area contributed by atoms with Gasteiger partial charge in [0.25, 0.3) is 5.91 Å². The van der Waals surface area contributed by atoms with Gasteiger partial charge in [0.05, 0.1) is 11.3 Å². The van der Waals surface area contributed by atoms with Crippen LogP contribution in [0.5, 0.6) is 0 Å². The molecule has 1 aromatic heterocycles. The molecule has 1 N–H and O–H groups in total. The first-order chi connectivity index (χ1) is 8.68. The van der Waals surface area contributed by atoms with Crippen LogP contribution < -0.4 is 4.90 Å². The van der Waals surface area contributed by atoms with Gasteiger partial charge in [-0.25, -0.2) is 0 Å². The molecule has 3 nitrogen and oxygen atoms in total. The number of aromatic amines is 1. The highest BCUT2D eigenvalue weighted by atomic mass is 16.2. The summed E-state index contributed by atoms with van der Waals surface area (Å²) >= 11 is 0. The van der Waals surface area contributed by atoms with Gasteiger partial charge in [0, 0.05) is 24.5 Å². The number of aromatic nitrogens is 1. The summed E-state index contributed by atoms with van der Waals surface area (Å²) in [7, 11) is 1.81. The van der Waals surface area contributed by atoms with Crippen molar-refractivity contribution in [2.75, 3.05) is 11.9 Å². The molecule has 1 aliphatic rings. The maximum Gasteiger partial charge on any atom is 0.258 e. The van der Waals surface area contributed by atoms with Crippen LogP contribution in [0.2, 0.25) is 0 Å². The lowest BCUT2D eigenvalue weighted by Gasteiger charge is -2.07. The number of nitrogens with zero attached hydrogens (tertiary/aromatic N) is 1. The van der Waals surface area contributed by atoms with Gasteiger partial charge >= 0.3 is 0 Å². The third kappa shape index (κ3) is 1.48. The van der Waals surface area contributed by atoms with Crippen molar-refractivity contribution in [3.63, 3.8) is 0 Å². The van der Waals surface area contributed by atoms with E-state index in [2.05, 4.69) is 4.98 Å². The monoisotopic (exact) mass is 238 g/mol. The van der Waals surface area contributed by atoms with Gasteiger partial charge in [-0.15, -0.1) is 0 Å². The highest BCUT2D eigenvalue weighted by Crippen LogP contribution is 2.36. The topological polar surface area (TPSA) is 36.1 Å². The number of aryl methyl sites for hydroxylation is 1. The molecule has 0 unspecified atom stereocenters. The Bertz CT molecular complexity index is 652. The molecule has 0 saturated heterocycles. The Morgan fingerprint density at radius 2 is 2.00 bits per heavy atom. The molecule has 0 radical (unpaired) electrons. The molecule has 1 aliphatic heterocycles. The minimum absolute atomic E-state index is 0.0465. The maximum absolute atomic E-state index is 12.2. The largest absolute Gasteiger partial charge is 0.361 e. The fraction of sp³-hybridized carbons (Fsp3) is 0.133. The summed E-state index contributed by atoms with van der Waals surface area (Å²) in [4.78, 5) is 17.1. The van der Waals surface area contributed by atoms with E-state index in [-0.39, 0.29) is 5.91 Å². The highest BCUT2D eigenvalue weighted by molar-refractivity contribution is 6.35. The van der Waals surface area contributed by atoms with Gasteiger partial charge in [-0.2, -0.15) is 0 Å². The van der Waals surface area contributed by atoms with Crippen molar-refractivity contribution in [2.45, 2.75) is 6.92 Å². The van der Waals surface area contributed by atoms with Crippen molar-refractivity contribution < 1.29 is 4.79 Å². The van der Waals surface area contributed by atoms with E-state index in [0.717, 1.165) is 28.1 Å². The fourth-order valence-electron chi connectivity index (χ4n) is 2.30. The van der Waals surface area contributed by atoms with Gasteiger partial charge in [0.2, 0.25) is 0 Å². The molecule has 0 aliphatic carbocycles. The molecular weight excluding hydrogens is 224 g/mol. The number of hydrogen-bond donors (Lipinski definition) is 1. The summed E-state index contributed by atoms with van der Waals surface area (Å²) in [6.45, 7) is 2.03. The third-order valence-electron chi connectivity index (χ3n) is 3.38. The van der Waals surface area contributed by atoms with Crippen molar-refractivity contribution >= 4 is 23.2 Å². The first-order valence-electron chi connectivity index (χ1n) is 5.91. The number of para-hydroxylation sites is 1. The van der Waals surface area contributed by atoms with Crippen molar-refractivity contribution in [1.82, 2.24) is 4.98 Å². The number of nitrogens with one attached hydrogen (secondary N) is 1. The summed E-state index contributed by atoms with van der Waals surface area (Å²) < 4.78 is 0. The number of fused-ring (bicyclic) bond motifs is 1. The van der Waals surface area contributed by atoms with Gasteiger partial charge < -0.3 is 9.88 Å². The standard InChI is InChI=1S/C15H14N2O/c1-10-7-8-16-13(10)9-12-11-5-3-4-6-14(11)17(2)15(12)18/h3-9,16H,1-2H3. The predicted molar refractivity (Wildman–Crippen MR) is 73.3 cm³/mol. The van der Waals surface area contributed by atoms with Crippen molar-refractivity contribution in [3.8, 4) is 0 Å². The molecule has 3 rings (SSSR count). The van der Waals surface area contributed by atoms with Crippen LogP contribution in [-0.2, 0) is 4.79 Å². The van der Waals surface area contributed by atoms with E-state index in [9.17, 15) is 4.79 Å². The van der Waals surface area contributed by atoms with E-state index in [4.69, 9.17) is 0 Å². The lowest BCUT2D eigenvalue weighted by atomic mass is 10.1. The first kappa shape index (κ1) is 10.8. The van der Waals surface area contributed by atoms with Gasteiger partial charge in [0.15, 0.2) is 0 Å². The summed E-state index contributed by atoms with van der Waals surface area (Å²) in [5.41, 5.74) is 4.85. The molecule has 3 heteroatoms. The van der Waals surface area contributed by atoms with Crippen LogP contribution >= 0.6 is 0 Å². The van der Waals surface area contributed by atoms with Crippen molar-refractivity contribution in [1.29, 1.82) is 0 Å². The quantitative estimate of drug-likeness (QED) is 0.762. The Labute approximate surface area is 106 Å². The number of rotatable bonds is 1. The molecule has 0 bridgehead atoms. The first-order valence-corrected chi connectivity index (χ1v) is 5.91. The van der Waals surface area contributed by atoms with E-state index in [1.165, 1.54) is 0 Å². The van der Waals surface area contributed by atoms with Gasteiger partial charge in [-0.1, -0.05) is 18.2 Å². The number of carbonyl (C=O) groups is 1. The lowest BCUT2D eigenvalue weighted by Crippen LogP contribution is -2.20. The van der Waals surface area contributed by atoms with Gasteiger partial charge in [0.1, 0.15) is 0 Å². The van der Waals surface area contributed by atoms with Crippen LogP contribution in [0.3, 0.4) is 0 Å². The molecule has 2 aromatic rings. The average molecular weight is 238 g/mol. The van der Waals surface area contributed by atoms with E-state index in [1.54, 1.807) is 4.90 Å². The Balaban J connectivity index is 2.17. The smallest absolute Gasteiger partial charge is 0.258 e. The molecule has 1 aromatic carbocycles. The van der Waals surface area contributed by atoms with E-state index >= 15 is 0 Å². The van der Waals surface area contributed by atoms with Crippen molar-refractivity contribution in [2.24, 2.45) is 0 Å². The zero-order chi connectivity index (χ0) is 12.7. The molecule has 0 atom stereocenters. The van der Waals surface area contributed by atoms with E-state index in [1.807, 2.05) is 56.6 Å². The molecular formula is C15H14N2O. The second kappa shape index (κ2) is 3.88. The number of likely N-dealkylation sites (N-methyl/N-ethyl adjacent to an activating group) is 1. The minimum Gasteiger partial charge on any atom is -0.361 e. The number of carbonyl (C=O) groups excluding carboxylic acids is 1. The Morgan fingerprint density at radius 1 is 1.22 bits per heavy atom. The Kier molecular flexibility index (Phi) is 2.33. The minimum atomic E-state index is 0.0465. The van der Waals surface area contributed by atoms with Crippen molar-refractivity contribution in [3.05, 3.63) is 53.3 Å². The fourth-order valence-corrected chi connectivity index (χ4v) is 2.30. The highest BCUT2D eigenvalue weighted by Gasteiger charge is 2.29. The number of hydrogen-bond acceptors (Lipinski definition) is 1. The van der Waals surface area contributed by atoms with Crippen LogP contribution in [0.25, 0.3) is 11.6 Å². The summed E-state index contributed by atoms with van der Waals surface area (Å²) in [6.07, 6.45) is 3.82. The van der Waals surface area contributed by atoms with Crippen LogP contribution in [0.4, 0.5) is 5.69 Å². The lowest BCUT2D eigenvalue weighted by molar-refractivity contribution is -0.112. The summed E-state index contributed by atoms with van der Waals surface area (Å²) in [6, 6.07) is 9.87. The normalized spacial score (nSPS) is 16.4. The second-order valence-electron chi connectivity index (χ2n) is 4.51. The summed E-state index contributed by atoms with van der Waals surface area (Å²) in [5.74, 6) is 0.0465. The Morgan fingerprint density at radius 3 is 2.72 bits per heavy atom. The van der Waals surface area contributed by atoms with Gasteiger partial charge in [-0.05, 0) is 30.7 Å². The molecule has 2 heterocycles. The molecule has 1 amide bonds. The molecule has 0 fully saturated rings. The number of H-pyrrole nitrogens is 1. The van der Waals surface area contributed by atoms with E-state index in [0.29, 0.717) is 0 Å².